The Morgan fingerprint density at radius 1 is 0.826 bits per heavy atom. The Bertz CT molecular complexity index is 1770. The molecule has 2 saturated carbocycles. The van der Waals surface area contributed by atoms with Gasteiger partial charge in [0.15, 0.2) is 0 Å². The molecule has 7 rings (SSSR count). The van der Waals surface area contributed by atoms with Crippen molar-refractivity contribution in [1.82, 2.24) is 12.9 Å². The van der Waals surface area contributed by atoms with E-state index in [9.17, 15) is 21.6 Å². The molecule has 3 aromatic carbocycles. The lowest BCUT2D eigenvalue weighted by Gasteiger charge is -2.39. The maximum absolute atomic E-state index is 15.9. The van der Waals surface area contributed by atoms with Crippen LogP contribution in [0.4, 0.5) is 4.39 Å². The lowest BCUT2D eigenvalue weighted by molar-refractivity contribution is 0.0702. The Morgan fingerprint density at radius 2 is 1.46 bits per heavy atom. The van der Waals surface area contributed by atoms with Crippen molar-refractivity contribution in [3.05, 3.63) is 101 Å². The first kappa shape index (κ1) is 31.3. The van der Waals surface area contributed by atoms with Crippen LogP contribution < -0.4 is 4.74 Å². The number of benzene rings is 3. The van der Waals surface area contributed by atoms with Crippen molar-refractivity contribution in [1.29, 1.82) is 0 Å². The van der Waals surface area contributed by atoms with E-state index in [4.69, 9.17) is 4.74 Å². The first-order valence-electron chi connectivity index (χ1n) is 16.1. The van der Waals surface area contributed by atoms with Crippen LogP contribution in [0.5, 0.6) is 5.75 Å². The Balaban J connectivity index is 1.17. The van der Waals surface area contributed by atoms with Gasteiger partial charge in [-0.25, -0.2) is 12.8 Å². The fourth-order valence-electron chi connectivity index (χ4n) is 6.49. The van der Waals surface area contributed by atoms with Crippen LogP contribution >= 0.6 is 0 Å². The van der Waals surface area contributed by atoms with E-state index < -0.39 is 42.8 Å². The largest absolute Gasteiger partial charge is 0.489 e. The molecule has 0 N–H and O–H groups in total. The molecule has 0 aromatic heterocycles. The molecule has 12 heteroatoms. The van der Waals surface area contributed by atoms with Crippen LogP contribution in [-0.2, 0) is 20.2 Å². The number of rotatable bonds is 11. The summed E-state index contributed by atoms with van der Waals surface area (Å²) < 4.78 is 76.7. The first-order valence-corrected chi connectivity index (χ1v) is 19.0. The van der Waals surface area contributed by atoms with Crippen LogP contribution in [0.2, 0.25) is 0 Å². The van der Waals surface area contributed by atoms with E-state index in [0.717, 1.165) is 42.6 Å². The number of carbonyl (C=O) groups is 1. The number of sulfonamides is 1. The average Bonchev–Trinajstić information content (AvgIpc) is 3.91. The van der Waals surface area contributed by atoms with E-state index in [1.165, 1.54) is 17.2 Å². The monoisotopic (exact) mass is 667 g/mol. The quantitative estimate of drug-likeness (QED) is 0.276. The van der Waals surface area contributed by atoms with Gasteiger partial charge in [-0.3, -0.25) is 9.69 Å². The van der Waals surface area contributed by atoms with Crippen molar-refractivity contribution in [2.75, 3.05) is 26.2 Å². The highest BCUT2D eigenvalue weighted by atomic mass is 32.3. The topological polar surface area (TPSA) is 104 Å². The molecule has 46 heavy (non-hydrogen) atoms. The third kappa shape index (κ3) is 6.08. The molecular formula is C34H38FN3O6S2. The summed E-state index contributed by atoms with van der Waals surface area (Å²) in [6.45, 7) is 1.69. The molecular weight excluding hydrogens is 630 g/mol. The minimum Gasteiger partial charge on any atom is -0.489 e. The summed E-state index contributed by atoms with van der Waals surface area (Å²) in [6.07, 6.45) is 4.10. The Labute approximate surface area is 270 Å². The number of carbonyl (C=O) groups excluding carboxylic acids is 1. The standard InChI is InChI=1S/C34H38FN3O6S2/c35-31-22-32(44-27-13-7-18-36(23-27)33(25-9-3-1-4-10-25)26-11-5-2-6-12-26)29(24-14-15-24)21-30(31)34(39)38(45(40,41)28-16-17-28)46(42,43)37-19-8-20-37/h1-6,9-12,21-22,24,27-28,33H,7-8,13-20,23H2/t27-/m1/s1. The second-order valence-corrected chi connectivity index (χ2v) is 16.8. The lowest BCUT2D eigenvalue weighted by Crippen LogP contribution is -2.54. The highest BCUT2D eigenvalue weighted by Gasteiger charge is 2.51. The van der Waals surface area contributed by atoms with Crippen molar-refractivity contribution >= 4 is 26.1 Å². The molecule has 2 saturated heterocycles. The van der Waals surface area contributed by atoms with E-state index in [0.29, 0.717) is 24.3 Å². The number of likely N-dealkylation sites (tertiary alicyclic amines) is 1. The van der Waals surface area contributed by atoms with Gasteiger partial charge in [-0.15, -0.1) is 3.71 Å². The molecule has 1 atom stereocenters. The maximum Gasteiger partial charge on any atom is 0.320 e. The van der Waals surface area contributed by atoms with Gasteiger partial charge in [0, 0.05) is 25.7 Å². The molecule has 4 fully saturated rings. The number of ether oxygens (including phenoxy) is 1. The van der Waals surface area contributed by atoms with Crippen molar-refractivity contribution in [2.45, 2.75) is 68.3 Å². The normalized spacial score (nSPS) is 21.1. The Hall–Kier alpha value is -3.32. The third-order valence-electron chi connectivity index (χ3n) is 9.34. The second kappa shape index (κ2) is 12.4. The molecule has 2 heterocycles. The lowest BCUT2D eigenvalue weighted by atomic mass is 9.94. The number of hydrogen-bond donors (Lipinski definition) is 0. The van der Waals surface area contributed by atoms with Crippen LogP contribution in [0.15, 0.2) is 72.8 Å². The maximum atomic E-state index is 15.9. The van der Waals surface area contributed by atoms with Gasteiger partial charge in [-0.1, -0.05) is 60.7 Å². The summed E-state index contributed by atoms with van der Waals surface area (Å²) in [7, 11) is -9.21. The smallest absolute Gasteiger partial charge is 0.320 e. The van der Waals surface area contributed by atoms with E-state index in [1.807, 2.05) is 36.4 Å². The van der Waals surface area contributed by atoms with Crippen LogP contribution in [-0.4, -0.2) is 73.2 Å². The molecule has 0 unspecified atom stereocenters. The summed E-state index contributed by atoms with van der Waals surface area (Å²) >= 11 is 0. The summed E-state index contributed by atoms with van der Waals surface area (Å²) in [5.74, 6) is -2.04. The zero-order valence-corrected chi connectivity index (χ0v) is 27.1. The average molecular weight is 668 g/mol. The number of hydrogen-bond acceptors (Lipinski definition) is 7. The fraction of sp³-hybridized carbons (Fsp3) is 0.441. The van der Waals surface area contributed by atoms with Crippen molar-refractivity contribution in [2.24, 2.45) is 0 Å². The molecule has 244 valence electrons. The van der Waals surface area contributed by atoms with Gasteiger partial charge in [0.2, 0.25) is 0 Å². The van der Waals surface area contributed by atoms with Gasteiger partial charge < -0.3 is 4.74 Å². The van der Waals surface area contributed by atoms with Crippen molar-refractivity contribution in [3.63, 3.8) is 0 Å². The predicted octanol–water partition coefficient (Wildman–Crippen LogP) is 5.22. The number of piperidine rings is 1. The van der Waals surface area contributed by atoms with Gasteiger partial charge in [0.25, 0.3) is 15.9 Å². The summed E-state index contributed by atoms with van der Waals surface area (Å²) in [5, 5.41) is -0.967. The fourth-order valence-corrected chi connectivity index (χ4v) is 10.8. The minimum atomic E-state index is -4.68. The highest BCUT2D eigenvalue weighted by molar-refractivity contribution is 8.04. The van der Waals surface area contributed by atoms with Crippen LogP contribution in [0.1, 0.15) is 84.0 Å². The van der Waals surface area contributed by atoms with Gasteiger partial charge >= 0.3 is 10.2 Å². The first-order chi connectivity index (χ1) is 22.1. The molecule has 3 aromatic rings. The third-order valence-corrected chi connectivity index (χ3v) is 14.1. The van der Waals surface area contributed by atoms with Crippen LogP contribution in [0.3, 0.4) is 0 Å². The zero-order chi connectivity index (χ0) is 32.1. The molecule has 2 aliphatic heterocycles. The molecule has 4 aliphatic rings. The summed E-state index contributed by atoms with van der Waals surface area (Å²) in [4.78, 5) is 16.2. The van der Waals surface area contributed by atoms with E-state index >= 15 is 4.39 Å². The Kier molecular flexibility index (Phi) is 8.41. The van der Waals surface area contributed by atoms with Crippen LogP contribution in [0.25, 0.3) is 0 Å². The van der Waals surface area contributed by atoms with Gasteiger partial charge in [0.05, 0.1) is 16.9 Å². The summed E-state index contributed by atoms with van der Waals surface area (Å²) in [5.41, 5.74) is 2.37. The number of nitrogens with zero attached hydrogens (tertiary/aromatic N) is 3. The molecule has 1 amide bonds. The van der Waals surface area contributed by atoms with E-state index in [1.54, 1.807) is 0 Å². The zero-order valence-electron chi connectivity index (χ0n) is 25.5. The van der Waals surface area contributed by atoms with Crippen molar-refractivity contribution < 1.29 is 30.8 Å². The van der Waals surface area contributed by atoms with Gasteiger partial charge in [0.1, 0.15) is 17.7 Å². The van der Waals surface area contributed by atoms with Crippen LogP contribution in [0, 0.1) is 5.82 Å². The minimum absolute atomic E-state index is 0.0150. The van der Waals surface area contributed by atoms with Gasteiger partial charge in [-0.05, 0) is 80.2 Å². The van der Waals surface area contributed by atoms with Gasteiger partial charge in [-0.2, -0.15) is 12.7 Å². The molecule has 9 nitrogen and oxygen atoms in total. The molecule has 0 spiro atoms. The predicted molar refractivity (Wildman–Crippen MR) is 172 cm³/mol. The Morgan fingerprint density at radius 3 is 2.00 bits per heavy atom. The van der Waals surface area contributed by atoms with E-state index in [-0.39, 0.29) is 47.7 Å². The molecule has 0 bridgehead atoms. The highest BCUT2D eigenvalue weighted by Crippen LogP contribution is 2.46. The number of amides is 1. The molecule has 0 radical (unpaired) electrons. The van der Waals surface area contributed by atoms with Crippen molar-refractivity contribution in [3.8, 4) is 5.75 Å². The SMILES string of the molecule is O=C(c1cc(C2CC2)c(O[C@@H]2CCCN(C(c3ccccc3)c3ccccc3)C2)cc1F)N(S(=O)(=O)C1CC1)S(=O)(=O)N1CCC1. The molecule has 2 aliphatic carbocycles. The van der Waals surface area contributed by atoms with E-state index in [2.05, 4.69) is 29.2 Å². The second-order valence-electron chi connectivity index (χ2n) is 12.8. The number of halogens is 1. The summed E-state index contributed by atoms with van der Waals surface area (Å²) in [6, 6.07) is 23.1.